The van der Waals surface area contributed by atoms with Gasteiger partial charge in [0.25, 0.3) is 0 Å². The summed E-state index contributed by atoms with van der Waals surface area (Å²) in [5, 5.41) is 3.53. The van der Waals surface area contributed by atoms with Crippen LogP contribution in [0.15, 0.2) is 18.5 Å². The van der Waals surface area contributed by atoms with Gasteiger partial charge in [0.2, 0.25) is 0 Å². The van der Waals surface area contributed by atoms with Gasteiger partial charge >= 0.3 is 0 Å². The fourth-order valence-electron chi connectivity index (χ4n) is 2.78. The smallest absolute Gasteiger partial charge is 0.0750 e. The van der Waals surface area contributed by atoms with Crippen LogP contribution in [-0.2, 0) is 11.3 Å². The molecule has 1 atom stereocenters. The van der Waals surface area contributed by atoms with Gasteiger partial charge in [-0.1, -0.05) is 13.8 Å². The van der Waals surface area contributed by atoms with E-state index in [-0.39, 0.29) is 0 Å². The lowest BCUT2D eigenvalue weighted by molar-refractivity contribution is 0.115. The van der Waals surface area contributed by atoms with E-state index in [1.165, 1.54) is 24.1 Å². The van der Waals surface area contributed by atoms with Gasteiger partial charge in [-0.2, -0.15) is 0 Å². The molecule has 1 fully saturated rings. The second-order valence-electron chi connectivity index (χ2n) is 6.20. The summed E-state index contributed by atoms with van der Waals surface area (Å²) in [5.41, 5.74) is 2.57. The molecule has 1 unspecified atom stereocenters. The van der Waals surface area contributed by atoms with Gasteiger partial charge in [0.05, 0.1) is 18.0 Å². The van der Waals surface area contributed by atoms with E-state index in [9.17, 15) is 0 Å². The van der Waals surface area contributed by atoms with Crippen LogP contribution >= 0.6 is 0 Å². The lowest BCUT2D eigenvalue weighted by Crippen LogP contribution is -2.33. The molecule has 0 radical (unpaired) electrons. The van der Waals surface area contributed by atoms with E-state index in [4.69, 9.17) is 4.74 Å². The number of rotatable bonds is 8. The van der Waals surface area contributed by atoms with Crippen LogP contribution in [0.25, 0.3) is 0 Å². The second-order valence-corrected chi connectivity index (χ2v) is 6.20. The Labute approximate surface area is 128 Å². The van der Waals surface area contributed by atoms with Crippen molar-refractivity contribution >= 4 is 5.69 Å². The van der Waals surface area contributed by atoms with Crippen molar-refractivity contribution in [1.29, 1.82) is 0 Å². The summed E-state index contributed by atoms with van der Waals surface area (Å²) < 4.78 is 5.78. The highest BCUT2D eigenvalue weighted by Crippen LogP contribution is 2.22. The third kappa shape index (κ3) is 4.97. The summed E-state index contributed by atoms with van der Waals surface area (Å²) in [6.07, 6.45) is 6.62. The molecule has 1 N–H and O–H groups in total. The second kappa shape index (κ2) is 8.35. The summed E-state index contributed by atoms with van der Waals surface area (Å²) in [7, 11) is 0. The quantitative estimate of drug-likeness (QED) is 0.799. The van der Waals surface area contributed by atoms with Crippen LogP contribution in [0, 0.1) is 5.92 Å². The molecular weight excluding hydrogens is 262 g/mol. The summed E-state index contributed by atoms with van der Waals surface area (Å²) in [6.45, 7) is 11.5. The van der Waals surface area contributed by atoms with Crippen molar-refractivity contribution < 1.29 is 4.74 Å². The van der Waals surface area contributed by atoms with E-state index in [0.717, 1.165) is 32.8 Å². The Hall–Kier alpha value is -1.13. The number of likely N-dealkylation sites (N-methyl/N-ethyl adjacent to an activating group) is 1. The zero-order chi connectivity index (χ0) is 15.1. The number of hydrogen-bond acceptors (Lipinski definition) is 4. The number of nitrogens with one attached hydrogen (secondary N) is 1. The average molecular weight is 291 g/mol. The Kier molecular flexibility index (Phi) is 6.46. The van der Waals surface area contributed by atoms with Crippen LogP contribution in [0.5, 0.6) is 0 Å². The van der Waals surface area contributed by atoms with E-state index in [0.29, 0.717) is 12.0 Å². The van der Waals surface area contributed by atoms with Crippen molar-refractivity contribution in [3.8, 4) is 0 Å². The molecule has 2 rings (SSSR count). The van der Waals surface area contributed by atoms with Gasteiger partial charge in [-0.3, -0.25) is 4.98 Å². The molecule has 1 aliphatic heterocycles. The molecule has 1 aromatic heterocycles. The van der Waals surface area contributed by atoms with Crippen LogP contribution in [0.4, 0.5) is 5.69 Å². The zero-order valence-corrected chi connectivity index (χ0v) is 13.6. The number of nitrogens with zero attached hydrogens (tertiary/aromatic N) is 2. The molecule has 0 bridgehead atoms. The summed E-state index contributed by atoms with van der Waals surface area (Å²) in [6, 6.07) is 2.13. The molecule has 2 heterocycles. The Balaban J connectivity index is 2.01. The Bertz CT molecular complexity index is 416. The van der Waals surface area contributed by atoms with Crippen molar-refractivity contribution in [2.24, 2.45) is 5.92 Å². The minimum absolute atomic E-state index is 0.377. The Morgan fingerprint density at radius 2 is 2.33 bits per heavy atom. The number of pyridine rings is 1. The van der Waals surface area contributed by atoms with Gasteiger partial charge < -0.3 is 15.0 Å². The van der Waals surface area contributed by atoms with Gasteiger partial charge in [-0.05, 0) is 43.9 Å². The molecule has 0 aromatic carbocycles. The summed E-state index contributed by atoms with van der Waals surface area (Å²) >= 11 is 0. The van der Waals surface area contributed by atoms with E-state index in [1.54, 1.807) is 0 Å². The van der Waals surface area contributed by atoms with Crippen molar-refractivity contribution in [3.63, 3.8) is 0 Å². The maximum atomic E-state index is 5.78. The molecule has 1 aromatic rings. The zero-order valence-electron chi connectivity index (χ0n) is 13.6. The van der Waals surface area contributed by atoms with Crippen molar-refractivity contribution in [2.45, 2.75) is 46.3 Å². The number of aromatic nitrogens is 1. The first kappa shape index (κ1) is 16.2. The standard InChI is InChI=1S/C17H29N3O/c1-4-20(13-16-6-5-9-21-16)17-12-18-8-7-15(17)11-19-10-14(2)3/h7-8,12,14,16,19H,4-6,9-11,13H2,1-3H3. The minimum atomic E-state index is 0.377. The van der Waals surface area contributed by atoms with Crippen LogP contribution in [0.3, 0.4) is 0 Å². The lowest BCUT2D eigenvalue weighted by Gasteiger charge is -2.28. The van der Waals surface area contributed by atoms with Gasteiger partial charge in [-0.25, -0.2) is 0 Å². The monoisotopic (exact) mass is 291 g/mol. The number of hydrogen-bond donors (Lipinski definition) is 1. The first-order chi connectivity index (χ1) is 10.2. The topological polar surface area (TPSA) is 37.4 Å². The Morgan fingerprint density at radius 3 is 3.00 bits per heavy atom. The highest BCUT2D eigenvalue weighted by molar-refractivity contribution is 5.51. The van der Waals surface area contributed by atoms with E-state index >= 15 is 0 Å². The highest BCUT2D eigenvalue weighted by atomic mass is 16.5. The van der Waals surface area contributed by atoms with Gasteiger partial charge in [0.15, 0.2) is 0 Å². The molecule has 1 aliphatic rings. The van der Waals surface area contributed by atoms with Crippen molar-refractivity contribution in [1.82, 2.24) is 10.3 Å². The van der Waals surface area contributed by atoms with Crippen LogP contribution in [0.2, 0.25) is 0 Å². The maximum Gasteiger partial charge on any atom is 0.0750 e. The maximum absolute atomic E-state index is 5.78. The third-order valence-electron chi connectivity index (χ3n) is 3.93. The van der Waals surface area contributed by atoms with Crippen LogP contribution in [-0.4, -0.2) is 37.3 Å². The molecule has 0 amide bonds. The first-order valence-corrected chi connectivity index (χ1v) is 8.20. The molecular formula is C17H29N3O. The summed E-state index contributed by atoms with van der Waals surface area (Å²) in [4.78, 5) is 6.72. The van der Waals surface area contributed by atoms with Crippen molar-refractivity contribution in [3.05, 3.63) is 24.0 Å². The molecule has 0 saturated carbocycles. The van der Waals surface area contributed by atoms with E-state index in [2.05, 4.69) is 42.0 Å². The molecule has 21 heavy (non-hydrogen) atoms. The normalized spacial score (nSPS) is 18.4. The van der Waals surface area contributed by atoms with Crippen LogP contribution in [0.1, 0.15) is 39.2 Å². The molecule has 0 spiro atoms. The molecule has 0 aliphatic carbocycles. The van der Waals surface area contributed by atoms with Crippen LogP contribution < -0.4 is 10.2 Å². The van der Waals surface area contributed by atoms with Gasteiger partial charge in [0, 0.05) is 32.4 Å². The third-order valence-corrected chi connectivity index (χ3v) is 3.93. The first-order valence-electron chi connectivity index (χ1n) is 8.20. The number of ether oxygens (including phenoxy) is 1. The molecule has 4 nitrogen and oxygen atoms in total. The van der Waals surface area contributed by atoms with E-state index < -0.39 is 0 Å². The largest absolute Gasteiger partial charge is 0.376 e. The highest BCUT2D eigenvalue weighted by Gasteiger charge is 2.20. The van der Waals surface area contributed by atoms with Crippen molar-refractivity contribution in [2.75, 3.05) is 31.1 Å². The number of anilines is 1. The fraction of sp³-hybridized carbons (Fsp3) is 0.706. The summed E-state index contributed by atoms with van der Waals surface area (Å²) in [5.74, 6) is 0.671. The SMILES string of the molecule is CCN(CC1CCCO1)c1cnccc1CNCC(C)C. The molecule has 118 valence electrons. The fourth-order valence-corrected chi connectivity index (χ4v) is 2.78. The lowest BCUT2D eigenvalue weighted by atomic mass is 10.1. The predicted octanol–water partition coefficient (Wildman–Crippen LogP) is 2.83. The molecule has 4 heteroatoms. The van der Waals surface area contributed by atoms with Gasteiger partial charge in [0.1, 0.15) is 0 Å². The minimum Gasteiger partial charge on any atom is -0.376 e. The molecule has 1 saturated heterocycles. The Morgan fingerprint density at radius 1 is 1.48 bits per heavy atom. The average Bonchev–Trinajstić information content (AvgIpc) is 2.98. The predicted molar refractivity (Wildman–Crippen MR) is 87.6 cm³/mol. The van der Waals surface area contributed by atoms with E-state index in [1.807, 2.05) is 12.4 Å². The van der Waals surface area contributed by atoms with Gasteiger partial charge in [-0.15, -0.1) is 0 Å².